The number of allylic oxidation sites excluding steroid dienone is 1. The lowest BCUT2D eigenvalue weighted by atomic mass is 9.50. The van der Waals surface area contributed by atoms with Crippen LogP contribution >= 0.6 is 0 Å². The molecule has 0 aromatic carbocycles. The predicted octanol–water partition coefficient (Wildman–Crippen LogP) is 3.45. The SMILES string of the molecule is C=C1CCC2C3COCOC3CCC2(C)C1CCN1CCC(CO)CC1. The van der Waals surface area contributed by atoms with Gasteiger partial charge in [0.25, 0.3) is 0 Å². The van der Waals surface area contributed by atoms with Gasteiger partial charge in [0.15, 0.2) is 0 Å². The number of ether oxygens (including phenoxy) is 2. The number of nitrogens with zero attached hydrogens (tertiary/aromatic N) is 1. The van der Waals surface area contributed by atoms with E-state index in [0.717, 1.165) is 38.5 Å². The van der Waals surface area contributed by atoms with Gasteiger partial charge < -0.3 is 19.5 Å². The molecule has 0 bridgehead atoms. The van der Waals surface area contributed by atoms with Crippen LogP contribution in [0.25, 0.3) is 0 Å². The van der Waals surface area contributed by atoms with Crippen LogP contribution in [0.1, 0.15) is 51.9 Å². The van der Waals surface area contributed by atoms with Crippen molar-refractivity contribution in [1.29, 1.82) is 0 Å². The van der Waals surface area contributed by atoms with E-state index in [1.54, 1.807) is 0 Å². The summed E-state index contributed by atoms with van der Waals surface area (Å²) in [5.41, 5.74) is 1.86. The maximum atomic E-state index is 9.35. The minimum atomic E-state index is 0.361. The molecule has 26 heavy (non-hydrogen) atoms. The first-order chi connectivity index (χ1) is 12.6. The van der Waals surface area contributed by atoms with Gasteiger partial charge in [0, 0.05) is 12.5 Å². The van der Waals surface area contributed by atoms with Crippen molar-refractivity contribution in [2.75, 3.05) is 39.6 Å². The van der Waals surface area contributed by atoms with Crippen molar-refractivity contribution in [2.45, 2.75) is 58.0 Å². The maximum absolute atomic E-state index is 9.35. The molecule has 4 aliphatic rings. The molecule has 4 rings (SSSR count). The summed E-state index contributed by atoms with van der Waals surface area (Å²) in [6.45, 7) is 12.3. The summed E-state index contributed by atoms with van der Waals surface area (Å²) in [5, 5.41) is 9.35. The van der Waals surface area contributed by atoms with Gasteiger partial charge in [0.1, 0.15) is 6.79 Å². The lowest BCUT2D eigenvalue weighted by Gasteiger charge is -2.57. The Morgan fingerprint density at radius 3 is 2.81 bits per heavy atom. The van der Waals surface area contributed by atoms with Gasteiger partial charge in [0.2, 0.25) is 0 Å². The Hall–Kier alpha value is -0.420. The number of aliphatic hydroxyl groups is 1. The van der Waals surface area contributed by atoms with Crippen LogP contribution in [0.2, 0.25) is 0 Å². The molecule has 0 amide bonds. The molecule has 0 spiro atoms. The molecular formula is C22H37NO3. The molecule has 1 N–H and O–H groups in total. The number of fused-ring (bicyclic) bond motifs is 3. The average molecular weight is 364 g/mol. The number of hydrogen-bond acceptors (Lipinski definition) is 4. The molecule has 0 aromatic rings. The van der Waals surface area contributed by atoms with Crippen LogP contribution in [-0.4, -0.2) is 55.8 Å². The highest BCUT2D eigenvalue weighted by Crippen LogP contribution is 2.58. The third kappa shape index (κ3) is 3.50. The summed E-state index contributed by atoms with van der Waals surface area (Å²) < 4.78 is 11.6. The fourth-order valence-electron chi connectivity index (χ4n) is 6.55. The third-order valence-electron chi connectivity index (χ3n) is 8.25. The van der Waals surface area contributed by atoms with Crippen molar-refractivity contribution < 1.29 is 14.6 Å². The van der Waals surface area contributed by atoms with Crippen LogP contribution in [0.3, 0.4) is 0 Å². The largest absolute Gasteiger partial charge is 0.396 e. The van der Waals surface area contributed by atoms with Crippen molar-refractivity contribution in [3.8, 4) is 0 Å². The van der Waals surface area contributed by atoms with Gasteiger partial charge in [-0.3, -0.25) is 0 Å². The second-order valence-electron chi connectivity index (χ2n) is 9.51. The Bertz CT molecular complexity index is 502. The Kier molecular flexibility index (Phi) is 5.75. The summed E-state index contributed by atoms with van der Waals surface area (Å²) >= 11 is 0. The Morgan fingerprint density at radius 2 is 2.04 bits per heavy atom. The van der Waals surface area contributed by atoms with Crippen LogP contribution in [-0.2, 0) is 9.47 Å². The molecule has 4 heteroatoms. The summed E-state index contributed by atoms with van der Waals surface area (Å²) in [7, 11) is 0. The van der Waals surface area contributed by atoms with Crippen molar-refractivity contribution in [3.63, 3.8) is 0 Å². The maximum Gasteiger partial charge on any atom is 0.147 e. The van der Waals surface area contributed by atoms with Crippen LogP contribution in [0.5, 0.6) is 0 Å². The smallest absolute Gasteiger partial charge is 0.147 e. The second kappa shape index (κ2) is 7.90. The van der Waals surface area contributed by atoms with E-state index in [0.29, 0.717) is 42.7 Å². The minimum absolute atomic E-state index is 0.361. The van der Waals surface area contributed by atoms with E-state index in [1.807, 2.05) is 0 Å². The van der Waals surface area contributed by atoms with Crippen LogP contribution < -0.4 is 0 Å². The molecule has 0 aromatic heterocycles. The molecule has 2 aliphatic heterocycles. The molecule has 5 atom stereocenters. The van der Waals surface area contributed by atoms with Crippen LogP contribution in [0.4, 0.5) is 0 Å². The Morgan fingerprint density at radius 1 is 1.23 bits per heavy atom. The van der Waals surface area contributed by atoms with Crippen molar-refractivity contribution in [1.82, 2.24) is 4.90 Å². The van der Waals surface area contributed by atoms with E-state index >= 15 is 0 Å². The average Bonchev–Trinajstić information content (AvgIpc) is 2.67. The molecule has 4 nitrogen and oxygen atoms in total. The topological polar surface area (TPSA) is 41.9 Å². The quantitative estimate of drug-likeness (QED) is 0.777. The first-order valence-electron chi connectivity index (χ1n) is 10.8. The van der Waals surface area contributed by atoms with Gasteiger partial charge in [-0.05, 0) is 87.7 Å². The first-order valence-corrected chi connectivity index (χ1v) is 10.8. The molecule has 4 fully saturated rings. The number of hydrogen-bond donors (Lipinski definition) is 1. The third-order valence-corrected chi connectivity index (χ3v) is 8.25. The van der Waals surface area contributed by atoms with E-state index < -0.39 is 0 Å². The Balaban J connectivity index is 1.41. The molecule has 5 unspecified atom stereocenters. The van der Waals surface area contributed by atoms with E-state index in [2.05, 4.69) is 18.4 Å². The number of piperidine rings is 1. The van der Waals surface area contributed by atoms with E-state index in [4.69, 9.17) is 9.47 Å². The minimum Gasteiger partial charge on any atom is -0.396 e. The molecular weight excluding hydrogens is 326 g/mol. The van der Waals surface area contributed by atoms with Gasteiger partial charge in [-0.2, -0.15) is 0 Å². The molecule has 148 valence electrons. The van der Waals surface area contributed by atoms with Gasteiger partial charge in [-0.1, -0.05) is 19.1 Å². The lowest BCUT2D eigenvalue weighted by molar-refractivity contribution is -0.218. The van der Waals surface area contributed by atoms with Gasteiger partial charge in [0.05, 0.1) is 12.7 Å². The highest BCUT2D eigenvalue weighted by Gasteiger charge is 2.53. The van der Waals surface area contributed by atoms with Gasteiger partial charge in [-0.15, -0.1) is 0 Å². The fourth-order valence-corrected chi connectivity index (χ4v) is 6.55. The lowest BCUT2D eigenvalue weighted by Crippen LogP contribution is -2.54. The monoisotopic (exact) mass is 363 g/mol. The zero-order chi connectivity index (χ0) is 18.1. The summed E-state index contributed by atoms with van der Waals surface area (Å²) in [6, 6.07) is 0. The highest BCUT2D eigenvalue weighted by molar-refractivity contribution is 5.15. The summed E-state index contributed by atoms with van der Waals surface area (Å²) in [4.78, 5) is 2.62. The number of aliphatic hydroxyl groups excluding tert-OH is 1. The predicted molar refractivity (Wildman–Crippen MR) is 103 cm³/mol. The normalized spacial score (nSPS) is 42.3. The van der Waals surface area contributed by atoms with Crippen molar-refractivity contribution in [3.05, 3.63) is 12.2 Å². The van der Waals surface area contributed by atoms with Crippen molar-refractivity contribution >= 4 is 0 Å². The summed E-state index contributed by atoms with van der Waals surface area (Å²) in [6.07, 6.45) is 8.88. The molecule has 2 heterocycles. The standard InChI is InChI=1S/C22H37NO3/c1-16-3-4-20-18-14-25-15-26-21(18)5-9-22(20,2)19(16)8-12-23-10-6-17(13-24)7-11-23/h17-21,24H,1,3-15H2,2H3. The highest BCUT2D eigenvalue weighted by atomic mass is 16.7. The zero-order valence-corrected chi connectivity index (χ0v) is 16.5. The Labute approximate surface area is 158 Å². The molecule has 2 saturated heterocycles. The van der Waals surface area contributed by atoms with Gasteiger partial charge in [-0.25, -0.2) is 0 Å². The number of likely N-dealkylation sites (tertiary alicyclic amines) is 1. The molecule has 0 radical (unpaired) electrons. The van der Waals surface area contributed by atoms with Crippen molar-refractivity contribution in [2.24, 2.45) is 29.1 Å². The fraction of sp³-hybridized carbons (Fsp3) is 0.909. The van der Waals surface area contributed by atoms with E-state index in [9.17, 15) is 5.11 Å². The first kappa shape index (κ1) is 18.9. The van der Waals surface area contributed by atoms with E-state index in [1.165, 1.54) is 44.2 Å². The molecule has 2 aliphatic carbocycles. The van der Waals surface area contributed by atoms with E-state index in [-0.39, 0.29) is 0 Å². The zero-order valence-electron chi connectivity index (χ0n) is 16.5. The summed E-state index contributed by atoms with van der Waals surface area (Å²) in [5.74, 6) is 2.47. The van der Waals surface area contributed by atoms with Crippen LogP contribution in [0.15, 0.2) is 12.2 Å². The van der Waals surface area contributed by atoms with Crippen LogP contribution in [0, 0.1) is 29.1 Å². The second-order valence-corrected chi connectivity index (χ2v) is 9.51. The number of rotatable bonds is 4. The van der Waals surface area contributed by atoms with Gasteiger partial charge >= 0.3 is 0 Å². The molecule has 2 saturated carbocycles.